The molecule has 1 amide bonds. The minimum Gasteiger partial charge on any atom is -0.331 e. The average Bonchev–Trinajstić information content (AvgIpc) is 2.81. The highest BCUT2D eigenvalue weighted by molar-refractivity contribution is 6.03. The predicted octanol–water partition coefficient (Wildman–Crippen LogP) is 0.258. The largest absolute Gasteiger partial charge is 0.331 e. The normalized spacial score (nSPS) is 10.0. The number of aromatic amines is 2. The Morgan fingerprint density at radius 2 is 2.22 bits per heavy atom. The number of nitro groups is 1. The molecule has 0 unspecified atom stereocenters. The summed E-state index contributed by atoms with van der Waals surface area (Å²) in [7, 11) is 0. The molecule has 0 saturated heterocycles. The van der Waals surface area contributed by atoms with Gasteiger partial charge in [0.2, 0.25) is 5.95 Å². The van der Waals surface area contributed by atoms with Crippen molar-refractivity contribution in [1.29, 1.82) is 0 Å². The van der Waals surface area contributed by atoms with Gasteiger partial charge in [-0.05, 0) is 0 Å². The first-order valence-electron chi connectivity index (χ1n) is 4.76. The summed E-state index contributed by atoms with van der Waals surface area (Å²) >= 11 is 0. The van der Waals surface area contributed by atoms with Crippen molar-refractivity contribution >= 4 is 17.5 Å². The number of anilines is 1. The van der Waals surface area contributed by atoms with Crippen molar-refractivity contribution < 1.29 is 9.72 Å². The molecule has 0 atom stereocenters. The van der Waals surface area contributed by atoms with Crippen molar-refractivity contribution in [2.75, 3.05) is 5.32 Å². The molecule has 2 heterocycles. The lowest BCUT2D eigenvalue weighted by Crippen LogP contribution is -2.23. The third-order valence-electron chi connectivity index (χ3n) is 2.07. The number of carbonyl (C=O) groups excluding carboxylic acids is 1. The van der Waals surface area contributed by atoms with Crippen LogP contribution in [0.1, 0.15) is 10.4 Å². The van der Waals surface area contributed by atoms with Gasteiger partial charge in [-0.15, -0.1) is 0 Å². The Morgan fingerprint density at radius 1 is 1.44 bits per heavy atom. The summed E-state index contributed by atoms with van der Waals surface area (Å²) in [5.41, 5.74) is -1.45. The Hall–Kier alpha value is -2.97. The molecule has 92 valence electrons. The van der Waals surface area contributed by atoms with E-state index in [-0.39, 0.29) is 17.2 Å². The molecular weight excluding hydrogens is 242 g/mol. The van der Waals surface area contributed by atoms with Crippen LogP contribution in [0.5, 0.6) is 0 Å². The molecule has 0 spiro atoms. The van der Waals surface area contributed by atoms with Gasteiger partial charge in [-0.1, -0.05) is 0 Å². The fourth-order valence-corrected chi connectivity index (χ4v) is 1.25. The lowest BCUT2D eigenvalue weighted by molar-refractivity contribution is -0.385. The quantitative estimate of drug-likeness (QED) is 0.529. The van der Waals surface area contributed by atoms with Gasteiger partial charge in [-0.3, -0.25) is 25.0 Å². The van der Waals surface area contributed by atoms with Crippen molar-refractivity contribution in [3.63, 3.8) is 0 Å². The standard InChI is InChI=1S/C9H7N5O4/c15-7-6(3-5(4-12-7)14(17)18)8(16)13-9-10-1-2-11-9/h1-4H,(H,12,15)(H2,10,11,13,16). The molecule has 9 nitrogen and oxygen atoms in total. The van der Waals surface area contributed by atoms with Gasteiger partial charge < -0.3 is 9.97 Å². The Morgan fingerprint density at radius 3 is 2.83 bits per heavy atom. The molecule has 9 heteroatoms. The summed E-state index contributed by atoms with van der Waals surface area (Å²) in [6, 6.07) is 0.900. The lowest BCUT2D eigenvalue weighted by Gasteiger charge is -2.00. The number of imidazole rings is 1. The predicted molar refractivity (Wildman–Crippen MR) is 60.3 cm³/mol. The Balaban J connectivity index is 2.32. The van der Waals surface area contributed by atoms with Gasteiger partial charge >= 0.3 is 0 Å². The number of pyridine rings is 1. The van der Waals surface area contributed by atoms with Gasteiger partial charge in [-0.25, -0.2) is 4.98 Å². The zero-order chi connectivity index (χ0) is 13.1. The highest BCUT2D eigenvalue weighted by Gasteiger charge is 2.16. The molecular formula is C9H7N5O4. The average molecular weight is 249 g/mol. The van der Waals surface area contributed by atoms with Crippen LogP contribution in [-0.2, 0) is 0 Å². The summed E-state index contributed by atoms with van der Waals surface area (Å²) < 4.78 is 0. The summed E-state index contributed by atoms with van der Waals surface area (Å²) in [5.74, 6) is -0.638. The molecule has 0 aliphatic heterocycles. The second-order valence-electron chi connectivity index (χ2n) is 3.25. The van der Waals surface area contributed by atoms with Crippen molar-refractivity contribution in [3.05, 3.63) is 50.7 Å². The highest BCUT2D eigenvalue weighted by atomic mass is 16.6. The first-order chi connectivity index (χ1) is 8.58. The number of hydrogen-bond acceptors (Lipinski definition) is 5. The molecule has 0 bridgehead atoms. The maximum absolute atomic E-state index is 11.7. The van der Waals surface area contributed by atoms with Crippen LogP contribution in [-0.4, -0.2) is 25.8 Å². The molecule has 3 N–H and O–H groups in total. The van der Waals surface area contributed by atoms with E-state index in [1.54, 1.807) is 0 Å². The van der Waals surface area contributed by atoms with E-state index in [0.717, 1.165) is 12.3 Å². The number of amides is 1. The highest BCUT2D eigenvalue weighted by Crippen LogP contribution is 2.09. The van der Waals surface area contributed by atoms with Crippen LogP contribution < -0.4 is 10.9 Å². The monoisotopic (exact) mass is 249 g/mol. The fourth-order valence-electron chi connectivity index (χ4n) is 1.25. The Bertz CT molecular complexity index is 645. The van der Waals surface area contributed by atoms with Crippen molar-refractivity contribution in [3.8, 4) is 0 Å². The van der Waals surface area contributed by atoms with Crippen LogP contribution in [0.2, 0.25) is 0 Å². The van der Waals surface area contributed by atoms with Gasteiger partial charge in [0, 0.05) is 18.5 Å². The lowest BCUT2D eigenvalue weighted by atomic mass is 10.2. The van der Waals surface area contributed by atoms with E-state index in [4.69, 9.17) is 0 Å². The first kappa shape index (κ1) is 11.5. The van der Waals surface area contributed by atoms with Crippen LogP contribution in [0.4, 0.5) is 11.6 Å². The molecule has 0 aromatic carbocycles. The third kappa shape index (κ3) is 2.24. The second-order valence-corrected chi connectivity index (χ2v) is 3.25. The molecule has 0 aliphatic carbocycles. The number of carbonyl (C=O) groups is 1. The third-order valence-corrected chi connectivity index (χ3v) is 2.07. The van der Waals surface area contributed by atoms with E-state index in [1.165, 1.54) is 12.4 Å². The van der Waals surface area contributed by atoms with Crippen molar-refractivity contribution in [1.82, 2.24) is 15.0 Å². The number of hydrogen-bond donors (Lipinski definition) is 3. The van der Waals surface area contributed by atoms with Crippen LogP contribution in [0.3, 0.4) is 0 Å². The van der Waals surface area contributed by atoms with Gasteiger partial charge in [0.1, 0.15) is 5.56 Å². The molecule has 2 aromatic heterocycles. The van der Waals surface area contributed by atoms with Crippen LogP contribution >= 0.6 is 0 Å². The number of rotatable bonds is 3. The Labute approximate surface area is 99.0 Å². The zero-order valence-corrected chi connectivity index (χ0v) is 8.84. The van der Waals surface area contributed by atoms with E-state index >= 15 is 0 Å². The number of aromatic nitrogens is 3. The van der Waals surface area contributed by atoms with Crippen molar-refractivity contribution in [2.24, 2.45) is 0 Å². The topological polar surface area (TPSA) is 134 Å². The van der Waals surface area contributed by atoms with E-state index in [9.17, 15) is 19.7 Å². The van der Waals surface area contributed by atoms with Crippen LogP contribution in [0.15, 0.2) is 29.5 Å². The van der Waals surface area contributed by atoms with Gasteiger partial charge in [-0.2, -0.15) is 0 Å². The van der Waals surface area contributed by atoms with E-state index < -0.39 is 16.4 Å². The molecule has 0 fully saturated rings. The van der Waals surface area contributed by atoms with Gasteiger partial charge in [0.05, 0.1) is 11.1 Å². The molecule has 2 aromatic rings. The number of nitrogens with zero attached hydrogens (tertiary/aromatic N) is 2. The van der Waals surface area contributed by atoms with Gasteiger partial charge in [0.25, 0.3) is 17.2 Å². The molecule has 0 aliphatic rings. The van der Waals surface area contributed by atoms with Gasteiger partial charge in [0.15, 0.2) is 0 Å². The summed E-state index contributed by atoms with van der Waals surface area (Å²) in [5, 5.41) is 12.8. The number of nitrogens with one attached hydrogen (secondary N) is 3. The number of H-pyrrole nitrogens is 2. The molecule has 2 rings (SSSR count). The SMILES string of the molecule is O=C(Nc1ncc[nH]1)c1cc([N+](=O)[O-])c[nH]c1=O. The van der Waals surface area contributed by atoms with Crippen molar-refractivity contribution in [2.45, 2.75) is 0 Å². The zero-order valence-electron chi connectivity index (χ0n) is 8.84. The molecule has 18 heavy (non-hydrogen) atoms. The summed E-state index contributed by atoms with van der Waals surface area (Å²) in [6.07, 6.45) is 3.81. The Kier molecular flexibility index (Phi) is 2.87. The summed E-state index contributed by atoms with van der Waals surface area (Å²) in [6.45, 7) is 0. The summed E-state index contributed by atoms with van der Waals surface area (Å²) in [4.78, 5) is 41.4. The fraction of sp³-hybridized carbons (Fsp3) is 0. The molecule has 0 radical (unpaired) electrons. The maximum Gasteiger partial charge on any atom is 0.286 e. The first-order valence-corrected chi connectivity index (χ1v) is 4.76. The van der Waals surface area contributed by atoms with E-state index in [2.05, 4.69) is 20.3 Å². The maximum atomic E-state index is 11.7. The van der Waals surface area contributed by atoms with Crippen LogP contribution in [0.25, 0.3) is 0 Å². The minimum atomic E-state index is -0.782. The minimum absolute atomic E-state index is 0.144. The second kappa shape index (κ2) is 4.49. The molecule has 0 saturated carbocycles. The van der Waals surface area contributed by atoms with Crippen LogP contribution in [0, 0.1) is 10.1 Å². The van der Waals surface area contributed by atoms with E-state index in [1.807, 2.05) is 0 Å². The smallest absolute Gasteiger partial charge is 0.286 e. The van der Waals surface area contributed by atoms with E-state index in [0.29, 0.717) is 0 Å².